The summed E-state index contributed by atoms with van der Waals surface area (Å²) < 4.78 is 0. The Balaban J connectivity index is -0.0000000473. The van der Waals surface area contributed by atoms with Crippen LogP contribution in [0.15, 0.2) is 12.7 Å². The maximum atomic E-state index is 8.52. The molecule has 0 spiro atoms. The Morgan fingerprint density at radius 1 is 1.17 bits per heavy atom. The molecule has 146 valence electrons. The first kappa shape index (κ1) is 38.0. The second-order valence-electron chi connectivity index (χ2n) is 3.53. The molecule has 1 fully saturated rings. The molecule has 0 aromatic heterocycles. The van der Waals surface area contributed by atoms with Crippen LogP contribution in [0.25, 0.3) is 0 Å². The van der Waals surface area contributed by atoms with Gasteiger partial charge in [-0.2, -0.15) is 0 Å². The summed E-state index contributed by atoms with van der Waals surface area (Å²) in [5, 5.41) is 25.8. The SMILES string of the molecule is C.C=CC.CC.CC.CO.O=CO.OCCCCC1CCCN1. The number of nitrogens with one attached hydrogen (secondary N) is 1. The second kappa shape index (κ2) is 58.2. The van der Waals surface area contributed by atoms with Gasteiger partial charge >= 0.3 is 0 Å². The summed E-state index contributed by atoms with van der Waals surface area (Å²) >= 11 is 0. The third-order valence-corrected chi connectivity index (χ3v) is 2.12. The standard InChI is InChI=1S/C8H17NO.C3H6.2C2H6.CH2O2.CH4O.CH4/c10-7-2-1-4-8-5-3-6-9-8;1-3-2;2*1-2;2-1-3;1-2;/h8-10H,1-7H2;3H,1H2,2H3;2*1-2H3;1H,(H,2,3);2H,1H3;1H4. The van der Waals surface area contributed by atoms with Crippen molar-refractivity contribution in [2.75, 3.05) is 20.3 Å². The van der Waals surface area contributed by atoms with Crippen molar-refractivity contribution < 1.29 is 20.1 Å². The summed E-state index contributed by atoms with van der Waals surface area (Å²) in [5.41, 5.74) is 0. The van der Waals surface area contributed by atoms with Gasteiger partial charge in [0.1, 0.15) is 0 Å². The van der Waals surface area contributed by atoms with Crippen molar-refractivity contribution in [3.8, 4) is 0 Å². The highest BCUT2D eigenvalue weighted by molar-refractivity contribution is 5.32. The second-order valence-corrected chi connectivity index (χ2v) is 3.53. The third kappa shape index (κ3) is 62.5. The molecule has 0 amide bonds. The lowest BCUT2D eigenvalue weighted by Crippen LogP contribution is -2.20. The number of aliphatic hydroxyl groups is 2. The minimum absolute atomic E-state index is 0. The Bertz CT molecular complexity index is 144. The Hall–Kier alpha value is -0.910. The molecule has 1 atom stereocenters. The molecule has 0 aliphatic carbocycles. The van der Waals surface area contributed by atoms with Gasteiger partial charge in [-0.25, -0.2) is 0 Å². The van der Waals surface area contributed by atoms with Gasteiger partial charge in [0.15, 0.2) is 0 Å². The quantitative estimate of drug-likeness (QED) is 0.352. The topological polar surface area (TPSA) is 89.8 Å². The molecule has 1 unspecified atom stereocenters. The lowest BCUT2D eigenvalue weighted by atomic mass is 10.1. The van der Waals surface area contributed by atoms with Crippen molar-refractivity contribution in [2.24, 2.45) is 0 Å². The van der Waals surface area contributed by atoms with E-state index in [1.54, 1.807) is 6.08 Å². The van der Waals surface area contributed by atoms with Crippen LogP contribution in [0.2, 0.25) is 0 Å². The molecule has 5 heteroatoms. The molecule has 0 saturated carbocycles. The van der Waals surface area contributed by atoms with E-state index in [-0.39, 0.29) is 13.9 Å². The van der Waals surface area contributed by atoms with Crippen molar-refractivity contribution in [3.05, 3.63) is 12.7 Å². The number of rotatable bonds is 4. The van der Waals surface area contributed by atoms with Crippen LogP contribution in [0.4, 0.5) is 0 Å². The lowest BCUT2D eigenvalue weighted by molar-refractivity contribution is -0.122. The largest absolute Gasteiger partial charge is 0.483 e. The number of carbonyl (C=O) groups is 1. The van der Waals surface area contributed by atoms with Crippen molar-refractivity contribution in [3.63, 3.8) is 0 Å². The highest BCUT2D eigenvalue weighted by Gasteiger charge is 2.12. The minimum atomic E-state index is -0.250. The van der Waals surface area contributed by atoms with E-state index in [4.69, 9.17) is 20.1 Å². The van der Waals surface area contributed by atoms with E-state index in [9.17, 15) is 0 Å². The van der Waals surface area contributed by atoms with E-state index in [1.165, 1.54) is 32.2 Å². The summed E-state index contributed by atoms with van der Waals surface area (Å²) in [6, 6.07) is 0.756. The maximum Gasteiger partial charge on any atom is 0.290 e. The Morgan fingerprint density at radius 2 is 1.57 bits per heavy atom. The zero-order valence-corrected chi connectivity index (χ0v) is 15.6. The van der Waals surface area contributed by atoms with E-state index in [1.807, 2.05) is 34.6 Å². The van der Waals surface area contributed by atoms with Gasteiger partial charge in [0.05, 0.1) is 0 Å². The van der Waals surface area contributed by atoms with Crippen LogP contribution in [-0.2, 0) is 4.79 Å². The normalized spacial score (nSPS) is 13.0. The number of hydrogen-bond donors (Lipinski definition) is 4. The van der Waals surface area contributed by atoms with Gasteiger partial charge in [-0.15, -0.1) is 6.58 Å². The van der Waals surface area contributed by atoms with Crippen LogP contribution in [0.1, 0.15) is 74.1 Å². The molecule has 1 aliphatic rings. The molecule has 0 bridgehead atoms. The highest BCUT2D eigenvalue weighted by Crippen LogP contribution is 2.11. The molecule has 23 heavy (non-hydrogen) atoms. The molecular formula is C18H45NO4. The summed E-state index contributed by atoms with van der Waals surface area (Å²) in [7, 11) is 1.00. The molecule has 1 heterocycles. The lowest BCUT2D eigenvalue weighted by Gasteiger charge is -2.07. The molecule has 1 saturated heterocycles. The van der Waals surface area contributed by atoms with Crippen LogP contribution in [-0.4, -0.2) is 48.1 Å². The average Bonchev–Trinajstić information content (AvgIpc) is 3.08. The predicted molar refractivity (Wildman–Crippen MR) is 104 cm³/mol. The Kier molecular flexibility index (Phi) is 96.1. The molecule has 0 aromatic rings. The van der Waals surface area contributed by atoms with E-state index in [0.717, 1.165) is 19.6 Å². The zero-order valence-electron chi connectivity index (χ0n) is 15.6. The maximum absolute atomic E-state index is 8.52. The smallest absolute Gasteiger partial charge is 0.290 e. The monoisotopic (exact) mass is 339 g/mol. The van der Waals surface area contributed by atoms with E-state index in [2.05, 4.69) is 11.9 Å². The van der Waals surface area contributed by atoms with Crippen LogP contribution in [0, 0.1) is 0 Å². The van der Waals surface area contributed by atoms with Crippen molar-refractivity contribution >= 4 is 6.47 Å². The predicted octanol–water partition coefficient (Wildman–Crippen LogP) is 4.09. The molecule has 5 nitrogen and oxygen atoms in total. The fraction of sp³-hybridized carbons (Fsp3) is 0.833. The van der Waals surface area contributed by atoms with Crippen LogP contribution >= 0.6 is 0 Å². The fourth-order valence-electron chi connectivity index (χ4n) is 1.51. The molecule has 1 aliphatic heterocycles. The first-order chi connectivity index (χ1) is 10.8. The molecule has 0 aromatic carbocycles. The van der Waals surface area contributed by atoms with Gasteiger partial charge < -0.3 is 20.6 Å². The Labute approximate surface area is 145 Å². The fourth-order valence-corrected chi connectivity index (χ4v) is 1.51. The van der Waals surface area contributed by atoms with Gasteiger partial charge in [-0.3, -0.25) is 4.79 Å². The summed E-state index contributed by atoms with van der Waals surface area (Å²) in [4.78, 5) is 8.36. The van der Waals surface area contributed by atoms with Gasteiger partial charge in [0.2, 0.25) is 0 Å². The zero-order chi connectivity index (χ0) is 18.6. The Morgan fingerprint density at radius 3 is 1.83 bits per heavy atom. The highest BCUT2D eigenvalue weighted by atomic mass is 16.3. The van der Waals surface area contributed by atoms with Crippen LogP contribution in [0.3, 0.4) is 0 Å². The number of hydrogen-bond acceptors (Lipinski definition) is 4. The first-order valence-electron chi connectivity index (χ1n) is 8.20. The van der Waals surface area contributed by atoms with E-state index in [0.29, 0.717) is 6.61 Å². The van der Waals surface area contributed by atoms with Gasteiger partial charge in [0.25, 0.3) is 6.47 Å². The number of allylic oxidation sites excluding steroid dienone is 1. The third-order valence-electron chi connectivity index (χ3n) is 2.12. The van der Waals surface area contributed by atoms with Crippen LogP contribution < -0.4 is 5.32 Å². The van der Waals surface area contributed by atoms with Gasteiger partial charge in [-0.1, -0.05) is 41.2 Å². The molecule has 0 radical (unpaired) electrons. The number of unbranched alkanes of at least 4 members (excludes halogenated alkanes) is 1. The van der Waals surface area contributed by atoms with Crippen molar-refractivity contribution in [1.29, 1.82) is 0 Å². The van der Waals surface area contributed by atoms with Crippen molar-refractivity contribution in [2.45, 2.75) is 80.2 Å². The van der Waals surface area contributed by atoms with E-state index >= 15 is 0 Å². The summed E-state index contributed by atoms with van der Waals surface area (Å²) in [6.45, 7) is 14.6. The van der Waals surface area contributed by atoms with Crippen molar-refractivity contribution in [1.82, 2.24) is 5.32 Å². The molecule has 1 rings (SSSR count). The van der Waals surface area contributed by atoms with E-state index < -0.39 is 0 Å². The number of carboxylic acid groups (broad SMARTS) is 1. The van der Waals surface area contributed by atoms with Crippen LogP contribution in [0.5, 0.6) is 0 Å². The summed E-state index contributed by atoms with van der Waals surface area (Å²) in [5.74, 6) is 0. The van der Waals surface area contributed by atoms with Gasteiger partial charge in [0, 0.05) is 19.8 Å². The molecule has 4 N–H and O–H groups in total. The average molecular weight is 340 g/mol. The minimum Gasteiger partial charge on any atom is -0.483 e. The first-order valence-corrected chi connectivity index (χ1v) is 8.20. The summed E-state index contributed by atoms with van der Waals surface area (Å²) in [6.07, 6.45) is 7.82. The van der Waals surface area contributed by atoms with Gasteiger partial charge in [-0.05, 0) is 45.6 Å². The molecular weight excluding hydrogens is 294 g/mol. The number of aliphatic hydroxyl groups excluding tert-OH is 2.